The van der Waals surface area contributed by atoms with Crippen molar-refractivity contribution in [2.24, 2.45) is 7.05 Å². The second-order valence-corrected chi connectivity index (χ2v) is 5.63. The zero-order chi connectivity index (χ0) is 14.2. The number of rotatable bonds is 3. The van der Waals surface area contributed by atoms with Crippen LogP contribution in [-0.2, 0) is 13.6 Å². The van der Waals surface area contributed by atoms with Crippen LogP contribution in [-0.4, -0.2) is 9.78 Å². The van der Waals surface area contributed by atoms with E-state index in [0.717, 1.165) is 17.0 Å². The molecule has 0 atom stereocenters. The number of nitrogens with one attached hydrogen (secondary N) is 1. The van der Waals surface area contributed by atoms with E-state index < -0.39 is 0 Å². The molecule has 1 aromatic carbocycles. The molecule has 0 radical (unpaired) electrons. The van der Waals surface area contributed by atoms with E-state index in [1.54, 1.807) is 0 Å². The predicted molar refractivity (Wildman–Crippen MR) is 79.1 cm³/mol. The lowest BCUT2D eigenvalue weighted by Crippen LogP contribution is -2.03. The first-order valence-electron chi connectivity index (χ1n) is 5.77. The number of aryl methyl sites for hydroxylation is 2. The maximum Gasteiger partial charge on any atom is 0.125 e. The Hall–Kier alpha value is -1.07. The monoisotopic (exact) mass is 345 g/mol. The molecule has 1 heterocycles. The molecule has 0 aliphatic carbocycles. The van der Waals surface area contributed by atoms with Crippen LogP contribution in [0, 0.1) is 19.7 Å². The van der Waals surface area contributed by atoms with Gasteiger partial charge in [0.25, 0.3) is 0 Å². The highest BCUT2D eigenvalue weighted by atomic mass is 79.9. The van der Waals surface area contributed by atoms with Crippen molar-refractivity contribution in [2.45, 2.75) is 20.4 Å². The predicted octanol–water partition coefficient (Wildman–Crippen LogP) is 4.20. The van der Waals surface area contributed by atoms with Crippen LogP contribution in [0.15, 0.2) is 16.6 Å². The van der Waals surface area contributed by atoms with E-state index >= 15 is 0 Å². The average molecular weight is 347 g/mol. The molecular weight excluding hydrogens is 333 g/mol. The van der Waals surface area contributed by atoms with Crippen molar-refractivity contribution < 1.29 is 4.39 Å². The smallest absolute Gasteiger partial charge is 0.125 e. The molecule has 0 amide bonds. The Bertz CT molecular complexity index is 602. The van der Waals surface area contributed by atoms with Crippen LogP contribution in [0.1, 0.15) is 17.0 Å². The summed E-state index contributed by atoms with van der Waals surface area (Å²) < 4.78 is 15.6. The van der Waals surface area contributed by atoms with Gasteiger partial charge in [-0.15, -0.1) is 0 Å². The minimum Gasteiger partial charge on any atom is -0.379 e. The van der Waals surface area contributed by atoms with E-state index in [2.05, 4.69) is 26.3 Å². The maximum absolute atomic E-state index is 13.1. The van der Waals surface area contributed by atoms with Gasteiger partial charge in [0.15, 0.2) is 0 Å². The first kappa shape index (κ1) is 14.3. The fraction of sp³-hybridized carbons (Fsp3) is 0.308. The molecule has 1 aromatic heterocycles. The molecule has 0 fully saturated rings. The van der Waals surface area contributed by atoms with E-state index in [9.17, 15) is 4.39 Å². The standard InChI is InChI=1S/C13H14BrClFN3/c1-7-10(8(2)19(3)18-7)6-17-13-11(14)4-9(16)5-12(13)15/h4-5,17H,6H2,1-3H3. The summed E-state index contributed by atoms with van der Waals surface area (Å²) in [6, 6.07) is 2.68. The molecule has 3 nitrogen and oxygen atoms in total. The van der Waals surface area contributed by atoms with Gasteiger partial charge >= 0.3 is 0 Å². The van der Waals surface area contributed by atoms with Crippen molar-refractivity contribution in [2.75, 3.05) is 5.32 Å². The van der Waals surface area contributed by atoms with Crippen LogP contribution in [0.25, 0.3) is 0 Å². The summed E-state index contributed by atoms with van der Waals surface area (Å²) in [5, 5.41) is 7.93. The average Bonchev–Trinajstić information content (AvgIpc) is 2.53. The van der Waals surface area contributed by atoms with Crippen molar-refractivity contribution in [1.29, 1.82) is 0 Å². The largest absolute Gasteiger partial charge is 0.379 e. The molecule has 0 spiro atoms. The normalized spacial score (nSPS) is 10.8. The summed E-state index contributed by atoms with van der Waals surface area (Å²) in [5.41, 5.74) is 3.88. The Morgan fingerprint density at radius 3 is 2.63 bits per heavy atom. The summed E-state index contributed by atoms with van der Waals surface area (Å²) in [5.74, 6) is -0.365. The number of halogens is 3. The summed E-state index contributed by atoms with van der Waals surface area (Å²) in [7, 11) is 1.91. The van der Waals surface area contributed by atoms with E-state index in [1.165, 1.54) is 12.1 Å². The van der Waals surface area contributed by atoms with Gasteiger partial charge < -0.3 is 5.32 Å². The molecule has 0 saturated heterocycles. The quantitative estimate of drug-likeness (QED) is 0.902. The first-order chi connectivity index (χ1) is 8.90. The Kier molecular flexibility index (Phi) is 4.16. The number of nitrogens with zero attached hydrogens (tertiary/aromatic N) is 2. The van der Waals surface area contributed by atoms with Gasteiger partial charge in [0.2, 0.25) is 0 Å². The second kappa shape index (κ2) is 5.51. The Morgan fingerprint density at radius 2 is 2.11 bits per heavy atom. The van der Waals surface area contributed by atoms with Crippen LogP contribution >= 0.6 is 27.5 Å². The maximum atomic E-state index is 13.1. The molecule has 0 unspecified atom stereocenters. The van der Waals surface area contributed by atoms with Crippen LogP contribution in [0.5, 0.6) is 0 Å². The minimum atomic E-state index is -0.365. The van der Waals surface area contributed by atoms with Crippen LogP contribution in [0.3, 0.4) is 0 Å². The van der Waals surface area contributed by atoms with Gasteiger partial charge in [-0.1, -0.05) is 11.6 Å². The van der Waals surface area contributed by atoms with Gasteiger partial charge in [0.1, 0.15) is 5.82 Å². The van der Waals surface area contributed by atoms with Crippen LogP contribution in [0.2, 0.25) is 5.02 Å². The molecule has 19 heavy (non-hydrogen) atoms. The third-order valence-corrected chi connectivity index (χ3v) is 4.03. The SMILES string of the molecule is Cc1nn(C)c(C)c1CNc1c(Cl)cc(F)cc1Br. The number of benzene rings is 1. The van der Waals surface area contributed by atoms with E-state index in [0.29, 0.717) is 21.7 Å². The Labute approximate surface area is 124 Å². The number of aromatic nitrogens is 2. The van der Waals surface area contributed by atoms with Crippen molar-refractivity contribution in [3.05, 3.63) is 44.4 Å². The summed E-state index contributed by atoms with van der Waals surface area (Å²) in [6.45, 7) is 4.57. The summed E-state index contributed by atoms with van der Waals surface area (Å²) in [6.07, 6.45) is 0. The lowest BCUT2D eigenvalue weighted by atomic mass is 10.2. The van der Waals surface area contributed by atoms with Gasteiger partial charge in [0, 0.05) is 29.3 Å². The fourth-order valence-corrected chi connectivity index (χ4v) is 2.92. The van der Waals surface area contributed by atoms with Gasteiger partial charge in [-0.2, -0.15) is 5.10 Å². The molecule has 0 bridgehead atoms. The second-order valence-electron chi connectivity index (χ2n) is 4.37. The lowest BCUT2D eigenvalue weighted by Gasteiger charge is -2.11. The van der Waals surface area contributed by atoms with Crippen molar-refractivity contribution in [3.8, 4) is 0 Å². The third kappa shape index (κ3) is 2.92. The Morgan fingerprint density at radius 1 is 1.42 bits per heavy atom. The molecule has 0 saturated carbocycles. The molecule has 2 rings (SSSR count). The van der Waals surface area contributed by atoms with Gasteiger partial charge in [0.05, 0.1) is 16.4 Å². The zero-order valence-corrected chi connectivity index (χ0v) is 13.2. The van der Waals surface area contributed by atoms with Crippen molar-refractivity contribution in [1.82, 2.24) is 9.78 Å². The molecule has 0 aliphatic heterocycles. The molecule has 1 N–H and O–H groups in total. The number of hydrogen-bond acceptors (Lipinski definition) is 2. The Balaban J connectivity index is 2.24. The lowest BCUT2D eigenvalue weighted by molar-refractivity contribution is 0.627. The van der Waals surface area contributed by atoms with Crippen molar-refractivity contribution in [3.63, 3.8) is 0 Å². The van der Waals surface area contributed by atoms with Gasteiger partial charge in [-0.25, -0.2) is 4.39 Å². The van der Waals surface area contributed by atoms with E-state index in [1.807, 2.05) is 25.6 Å². The highest BCUT2D eigenvalue weighted by Crippen LogP contribution is 2.32. The molecular formula is C13H14BrClFN3. The molecule has 102 valence electrons. The zero-order valence-electron chi connectivity index (χ0n) is 10.9. The van der Waals surface area contributed by atoms with Gasteiger partial charge in [-0.05, 0) is 41.9 Å². The van der Waals surface area contributed by atoms with Crippen LogP contribution in [0.4, 0.5) is 10.1 Å². The van der Waals surface area contributed by atoms with Crippen LogP contribution < -0.4 is 5.32 Å². The molecule has 2 aromatic rings. The fourth-order valence-electron chi connectivity index (χ4n) is 1.96. The summed E-state index contributed by atoms with van der Waals surface area (Å²) >= 11 is 9.34. The van der Waals surface area contributed by atoms with E-state index in [4.69, 9.17) is 11.6 Å². The van der Waals surface area contributed by atoms with Crippen molar-refractivity contribution >= 4 is 33.2 Å². The molecule has 6 heteroatoms. The topological polar surface area (TPSA) is 29.9 Å². The highest BCUT2D eigenvalue weighted by molar-refractivity contribution is 9.10. The number of hydrogen-bond donors (Lipinski definition) is 1. The number of anilines is 1. The molecule has 0 aliphatic rings. The van der Waals surface area contributed by atoms with E-state index in [-0.39, 0.29) is 5.82 Å². The third-order valence-electron chi connectivity index (χ3n) is 3.11. The summed E-state index contributed by atoms with van der Waals surface area (Å²) in [4.78, 5) is 0. The first-order valence-corrected chi connectivity index (χ1v) is 6.94. The van der Waals surface area contributed by atoms with Gasteiger partial charge in [-0.3, -0.25) is 4.68 Å². The highest BCUT2D eigenvalue weighted by Gasteiger charge is 2.12. The minimum absolute atomic E-state index is 0.353.